The molecule has 0 saturated heterocycles. The first kappa shape index (κ1) is 12.5. The van der Waals surface area contributed by atoms with Gasteiger partial charge in [-0.25, -0.2) is 9.78 Å². The summed E-state index contributed by atoms with van der Waals surface area (Å²) in [7, 11) is 1.71. The summed E-state index contributed by atoms with van der Waals surface area (Å²) in [4.78, 5) is 20.1. The number of benzene rings is 1. The van der Waals surface area contributed by atoms with Gasteiger partial charge in [0.1, 0.15) is 0 Å². The number of aromatic nitrogens is 2. The Bertz CT molecular complexity index is 575. The first-order valence-electron chi connectivity index (χ1n) is 5.14. The Balaban J connectivity index is 1.98. The fourth-order valence-electron chi connectivity index (χ4n) is 1.29. The van der Waals surface area contributed by atoms with Crippen molar-refractivity contribution in [1.82, 2.24) is 9.55 Å². The van der Waals surface area contributed by atoms with E-state index in [4.69, 9.17) is 4.84 Å². The molecule has 6 heteroatoms. The van der Waals surface area contributed by atoms with E-state index in [1.807, 2.05) is 24.3 Å². The van der Waals surface area contributed by atoms with Crippen molar-refractivity contribution in [2.45, 2.75) is 0 Å². The topological polar surface area (TPSA) is 56.5 Å². The summed E-state index contributed by atoms with van der Waals surface area (Å²) >= 11 is 3.33. The molecule has 0 N–H and O–H groups in total. The predicted molar refractivity (Wildman–Crippen MR) is 70.4 cm³/mol. The number of nitrogens with zero attached hydrogens (tertiary/aromatic N) is 3. The van der Waals surface area contributed by atoms with Crippen LogP contribution in [0.1, 0.15) is 16.2 Å². The molecule has 0 spiro atoms. The molecule has 0 atom stereocenters. The number of carbonyl (C=O) groups is 1. The quantitative estimate of drug-likeness (QED) is 0.497. The third kappa shape index (κ3) is 3.04. The number of imidazole rings is 1. The minimum absolute atomic E-state index is 0.211. The highest BCUT2D eigenvalue weighted by Gasteiger charge is 2.11. The van der Waals surface area contributed by atoms with Gasteiger partial charge in [-0.2, -0.15) is 0 Å². The lowest BCUT2D eigenvalue weighted by Crippen LogP contribution is -2.08. The molecule has 0 unspecified atom stereocenters. The second-order valence-electron chi connectivity index (χ2n) is 3.53. The molecule has 1 aromatic carbocycles. The minimum atomic E-state index is -0.587. The van der Waals surface area contributed by atoms with Gasteiger partial charge in [0.05, 0.1) is 6.21 Å². The number of halogens is 1. The monoisotopic (exact) mass is 307 g/mol. The first-order valence-corrected chi connectivity index (χ1v) is 5.94. The number of oxime groups is 1. The molecule has 0 fully saturated rings. The van der Waals surface area contributed by atoms with E-state index in [0.29, 0.717) is 0 Å². The van der Waals surface area contributed by atoms with Gasteiger partial charge >= 0.3 is 5.97 Å². The van der Waals surface area contributed by atoms with Gasteiger partial charge in [-0.15, -0.1) is 0 Å². The van der Waals surface area contributed by atoms with Crippen LogP contribution in [0.25, 0.3) is 0 Å². The van der Waals surface area contributed by atoms with E-state index >= 15 is 0 Å². The van der Waals surface area contributed by atoms with Gasteiger partial charge in [0.2, 0.25) is 5.82 Å². The van der Waals surface area contributed by atoms with E-state index in [0.717, 1.165) is 10.0 Å². The van der Waals surface area contributed by atoms with Crippen LogP contribution in [0.3, 0.4) is 0 Å². The van der Waals surface area contributed by atoms with Crippen LogP contribution in [-0.4, -0.2) is 21.7 Å². The minimum Gasteiger partial charge on any atom is -0.328 e. The zero-order valence-corrected chi connectivity index (χ0v) is 11.2. The number of carbonyl (C=O) groups excluding carboxylic acids is 1. The van der Waals surface area contributed by atoms with Crippen molar-refractivity contribution < 1.29 is 9.63 Å². The molecule has 2 rings (SSSR count). The van der Waals surface area contributed by atoms with Gasteiger partial charge in [-0.3, -0.25) is 0 Å². The normalized spacial score (nSPS) is 10.8. The zero-order chi connectivity index (χ0) is 13.0. The Morgan fingerprint density at radius 1 is 1.44 bits per heavy atom. The van der Waals surface area contributed by atoms with E-state index in [-0.39, 0.29) is 5.82 Å². The van der Waals surface area contributed by atoms with Crippen LogP contribution < -0.4 is 0 Å². The van der Waals surface area contributed by atoms with E-state index in [1.165, 1.54) is 12.4 Å². The molecular weight excluding hydrogens is 298 g/mol. The van der Waals surface area contributed by atoms with Crippen molar-refractivity contribution in [3.8, 4) is 0 Å². The third-order valence-corrected chi connectivity index (χ3v) is 2.74. The van der Waals surface area contributed by atoms with E-state index < -0.39 is 5.97 Å². The van der Waals surface area contributed by atoms with Gasteiger partial charge in [0, 0.05) is 23.9 Å². The molecule has 0 aliphatic heterocycles. The maximum absolute atomic E-state index is 11.5. The predicted octanol–water partition coefficient (Wildman–Crippen LogP) is 2.37. The molecule has 1 heterocycles. The lowest BCUT2D eigenvalue weighted by atomic mass is 10.2. The summed E-state index contributed by atoms with van der Waals surface area (Å²) in [5.74, 6) is -0.376. The van der Waals surface area contributed by atoms with Crippen molar-refractivity contribution in [1.29, 1.82) is 0 Å². The lowest BCUT2D eigenvalue weighted by Gasteiger charge is -1.97. The summed E-state index contributed by atoms with van der Waals surface area (Å²) in [6.07, 6.45) is 4.65. The lowest BCUT2D eigenvalue weighted by molar-refractivity contribution is 0.0500. The van der Waals surface area contributed by atoms with Crippen LogP contribution >= 0.6 is 15.9 Å². The van der Waals surface area contributed by atoms with E-state index in [1.54, 1.807) is 17.8 Å². The van der Waals surface area contributed by atoms with Gasteiger partial charge in [0.25, 0.3) is 0 Å². The highest BCUT2D eigenvalue weighted by Crippen LogP contribution is 2.09. The molecule has 0 aliphatic carbocycles. The van der Waals surface area contributed by atoms with Crippen molar-refractivity contribution in [3.63, 3.8) is 0 Å². The smallest absolute Gasteiger partial charge is 0.328 e. The highest BCUT2D eigenvalue weighted by atomic mass is 79.9. The Morgan fingerprint density at radius 2 is 2.17 bits per heavy atom. The molecule has 92 valence electrons. The van der Waals surface area contributed by atoms with Crippen LogP contribution in [0.15, 0.2) is 46.3 Å². The molecular formula is C12H10BrN3O2. The SMILES string of the molecule is Cn1ccnc1C(=O)ON=Cc1ccc(Br)cc1. The van der Waals surface area contributed by atoms with Crippen molar-refractivity contribution in [3.05, 3.63) is 52.5 Å². The molecule has 0 aliphatic rings. The van der Waals surface area contributed by atoms with Gasteiger partial charge in [0.15, 0.2) is 0 Å². The van der Waals surface area contributed by atoms with E-state index in [2.05, 4.69) is 26.1 Å². The summed E-state index contributed by atoms with van der Waals surface area (Å²) in [6.45, 7) is 0. The Labute approximate surface area is 112 Å². The number of aryl methyl sites for hydroxylation is 1. The van der Waals surface area contributed by atoms with Crippen LogP contribution in [0.5, 0.6) is 0 Å². The van der Waals surface area contributed by atoms with Crippen LogP contribution in [-0.2, 0) is 11.9 Å². The zero-order valence-electron chi connectivity index (χ0n) is 9.58. The summed E-state index contributed by atoms with van der Waals surface area (Å²) in [6, 6.07) is 7.45. The molecule has 1 aromatic heterocycles. The molecule has 0 radical (unpaired) electrons. The van der Waals surface area contributed by atoms with Crippen LogP contribution in [0, 0.1) is 0 Å². The average molecular weight is 308 g/mol. The second-order valence-corrected chi connectivity index (χ2v) is 4.44. The Kier molecular flexibility index (Phi) is 3.88. The Hall–Kier alpha value is -1.95. The molecule has 0 amide bonds. The highest BCUT2D eigenvalue weighted by molar-refractivity contribution is 9.10. The average Bonchev–Trinajstić information content (AvgIpc) is 2.78. The fraction of sp³-hybridized carbons (Fsp3) is 0.0833. The van der Waals surface area contributed by atoms with Crippen molar-refractivity contribution in [2.24, 2.45) is 12.2 Å². The number of rotatable bonds is 3. The van der Waals surface area contributed by atoms with Crippen molar-refractivity contribution >= 4 is 28.1 Å². The standard InChI is InChI=1S/C12H10BrN3O2/c1-16-7-6-14-11(16)12(17)18-15-8-9-2-4-10(13)5-3-9/h2-8H,1H3. The maximum atomic E-state index is 11.5. The van der Waals surface area contributed by atoms with Gasteiger partial charge < -0.3 is 9.40 Å². The molecule has 0 saturated carbocycles. The summed E-state index contributed by atoms with van der Waals surface area (Å²) in [5.41, 5.74) is 0.839. The maximum Gasteiger partial charge on any atom is 0.400 e. The molecule has 5 nitrogen and oxygen atoms in total. The van der Waals surface area contributed by atoms with E-state index in [9.17, 15) is 4.79 Å². The molecule has 2 aromatic rings. The first-order chi connectivity index (χ1) is 8.66. The van der Waals surface area contributed by atoms with Crippen LogP contribution in [0.4, 0.5) is 0 Å². The fourth-order valence-corrected chi connectivity index (χ4v) is 1.55. The Morgan fingerprint density at radius 3 is 2.78 bits per heavy atom. The largest absolute Gasteiger partial charge is 0.400 e. The number of hydrogen-bond donors (Lipinski definition) is 0. The molecule has 0 bridgehead atoms. The molecule has 18 heavy (non-hydrogen) atoms. The van der Waals surface area contributed by atoms with Gasteiger partial charge in [-0.1, -0.05) is 33.2 Å². The van der Waals surface area contributed by atoms with Crippen molar-refractivity contribution in [2.75, 3.05) is 0 Å². The van der Waals surface area contributed by atoms with Gasteiger partial charge in [-0.05, 0) is 17.7 Å². The van der Waals surface area contributed by atoms with Crippen LogP contribution in [0.2, 0.25) is 0 Å². The number of hydrogen-bond acceptors (Lipinski definition) is 4. The third-order valence-electron chi connectivity index (χ3n) is 2.21. The summed E-state index contributed by atoms with van der Waals surface area (Å²) in [5, 5.41) is 3.63. The second kappa shape index (κ2) is 5.59. The summed E-state index contributed by atoms with van der Waals surface area (Å²) < 4.78 is 2.54.